The Morgan fingerprint density at radius 1 is 1.00 bits per heavy atom. The van der Waals surface area contributed by atoms with Crippen LogP contribution in [0.1, 0.15) is 60.8 Å². The van der Waals surface area contributed by atoms with Gasteiger partial charge in [-0.15, -0.1) is 0 Å². The van der Waals surface area contributed by atoms with Crippen molar-refractivity contribution in [2.45, 2.75) is 66.4 Å². The van der Waals surface area contributed by atoms with Crippen LogP contribution < -0.4 is 0 Å². The van der Waals surface area contributed by atoms with Crippen LogP contribution in [0.3, 0.4) is 0 Å². The van der Waals surface area contributed by atoms with Crippen LogP contribution in [0.5, 0.6) is 0 Å². The minimum Gasteiger partial charge on any atom is -0.390 e. The molecule has 1 nitrogen and oxygen atoms in total. The smallest absolute Gasteiger partial charge is 0.0642 e. The van der Waals surface area contributed by atoms with E-state index in [0.717, 1.165) is 12.8 Å². The first-order chi connectivity index (χ1) is 5.65. The number of hydrogen-bond acceptors (Lipinski definition) is 1. The average molecular weight is 186 g/mol. The lowest BCUT2D eigenvalue weighted by Gasteiger charge is -2.29. The summed E-state index contributed by atoms with van der Waals surface area (Å²) >= 11 is 0. The molecule has 0 aromatic rings. The van der Waals surface area contributed by atoms with Crippen molar-refractivity contribution in [1.29, 1.82) is 0 Å². The van der Waals surface area contributed by atoms with Crippen LogP contribution in [0, 0.1) is 11.3 Å². The summed E-state index contributed by atoms with van der Waals surface area (Å²) in [6, 6.07) is 0. The lowest BCUT2D eigenvalue weighted by molar-refractivity contribution is 0.00139. The van der Waals surface area contributed by atoms with E-state index in [4.69, 9.17) is 0 Å². The van der Waals surface area contributed by atoms with Gasteiger partial charge in [0.05, 0.1) is 5.60 Å². The van der Waals surface area contributed by atoms with Gasteiger partial charge in [0.2, 0.25) is 0 Å². The first-order valence-electron chi connectivity index (χ1n) is 5.37. The minimum absolute atomic E-state index is 0.354. The van der Waals surface area contributed by atoms with Crippen LogP contribution >= 0.6 is 0 Å². The van der Waals surface area contributed by atoms with E-state index in [9.17, 15) is 5.11 Å². The molecule has 0 spiro atoms. The highest BCUT2D eigenvalue weighted by molar-refractivity contribution is 4.77. The molecule has 0 fully saturated rings. The fourth-order valence-electron chi connectivity index (χ4n) is 1.27. The molecular formula is C12H26O. The molecule has 0 bridgehead atoms. The summed E-state index contributed by atoms with van der Waals surface area (Å²) in [7, 11) is 0. The topological polar surface area (TPSA) is 20.2 Å². The van der Waals surface area contributed by atoms with Crippen LogP contribution in [0.4, 0.5) is 0 Å². The molecule has 1 unspecified atom stereocenters. The standard InChI is InChI=1S/C12H26O/c1-10(2)12(6,13)9-7-8-11(3,4)5/h10,13H,7-9H2,1-6H3. The average Bonchev–Trinajstić information content (AvgIpc) is 1.82. The highest BCUT2D eigenvalue weighted by Gasteiger charge is 2.24. The third-order valence-corrected chi connectivity index (χ3v) is 2.85. The van der Waals surface area contributed by atoms with Crippen molar-refractivity contribution < 1.29 is 5.11 Å². The van der Waals surface area contributed by atoms with E-state index in [0.29, 0.717) is 11.3 Å². The molecule has 1 atom stereocenters. The van der Waals surface area contributed by atoms with Gasteiger partial charge in [0.1, 0.15) is 0 Å². The van der Waals surface area contributed by atoms with E-state index in [1.54, 1.807) is 0 Å². The van der Waals surface area contributed by atoms with Crippen LogP contribution in [-0.2, 0) is 0 Å². The Hall–Kier alpha value is -0.0400. The SMILES string of the molecule is CC(C)C(C)(O)CCCC(C)(C)C. The summed E-state index contributed by atoms with van der Waals surface area (Å²) in [5, 5.41) is 9.99. The Bertz CT molecular complexity index is 140. The van der Waals surface area contributed by atoms with Crippen molar-refractivity contribution in [2.75, 3.05) is 0 Å². The molecule has 1 heteroatoms. The predicted molar refractivity (Wildman–Crippen MR) is 58.8 cm³/mol. The predicted octanol–water partition coefficient (Wildman–Crippen LogP) is 3.61. The summed E-state index contributed by atoms with van der Waals surface area (Å²) in [6.07, 6.45) is 3.23. The van der Waals surface area contributed by atoms with Gasteiger partial charge in [-0.25, -0.2) is 0 Å². The summed E-state index contributed by atoms with van der Waals surface area (Å²) < 4.78 is 0. The second kappa shape index (κ2) is 4.45. The van der Waals surface area contributed by atoms with Crippen molar-refractivity contribution in [1.82, 2.24) is 0 Å². The second-order valence-corrected chi connectivity index (χ2v) is 5.93. The highest BCUT2D eigenvalue weighted by atomic mass is 16.3. The summed E-state index contributed by atoms with van der Waals surface area (Å²) in [5.74, 6) is 0.354. The zero-order valence-electron chi connectivity index (χ0n) is 10.1. The van der Waals surface area contributed by atoms with Gasteiger partial charge in [-0.2, -0.15) is 0 Å². The monoisotopic (exact) mass is 186 g/mol. The maximum atomic E-state index is 9.99. The highest BCUT2D eigenvalue weighted by Crippen LogP contribution is 2.27. The van der Waals surface area contributed by atoms with E-state index in [1.165, 1.54) is 6.42 Å². The molecule has 0 amide bonds. The molecule has 0 rings (SSSR count). The summed E-state index contributed by atoms with van der Waals surface area (Å²) in [5.41, 5.74) is -0.0850. The molecule has 0 heterocycles. The van der Waals surface area contributed by atoms with Crippen LogP contribution in [0.25, 0.3) is 0 Å². The van der Waals surface area contributed by atoms with Gasteiger partial charge in [-0.05, 0) is 31.1 Å². The van der Waals surface area contributed by atoms with Crippen LogP contribution in [0.2, 0.25) is 0 Å². The zero-order valence-corrected chi connectivity index (χ0v) is 10.1. The quantitative estimate of drug-likeness (QED) is 0.711. The van der Waals surface area contributed by atoms with Crippen molar-refractivity contribution in [3.8, 4) is 0 Å². The van der Waals surface area contributed by atoms with Crippen molar-refractivity contribution in [2.24, 2.45) is 11.3 Å². The van der Waals surface area contributed by atoms with Gasteiger partial charge in [-0.1, -0.05) is 41.0 Å². The first kappa shape index (κ1) is 13.0. The summed E-state index contributed by atoms with van der Waals surface area (Å²) in [6.45, 7) is 12.8. The number of rotatable bonds is 4. The van der Waals surface area contributed by atoms with E-state index in [1.807, 2.05) is 6.92 Å². The molecule has 0 aromatic carbocycles. The Balaban J connectivity index is 3.77. The van der Waals surface area contributed by atoms with E-state index >= 15 is 0 Å². The fraction of sp³-hybridized carbons (Fsp3) is 1.00. The lowest BCUT2D eigenvalue weighted by Crippen LogP contribution is -2.31. The molecule has 0 aliphatic heterocycles. The molecule has 0 aromatic heterocycles. The molecular weight excluding hydrogens is 160 g/mol. The van der Waals surface area contributed by atoms with E-state index in [-0.39, 0.29) is 0 Å². The molecule has 13 heavy (non-hydrogen) atoms. The third kappa shape index (κ3) is 6.09. The van der Waals surface area contributed by atoms with Crippen LogP contribution in [0.15, 0.2) is 0 Å². The first-order valence-corrected chi connectivity index (χ1v) is 5.37. The second-order valence-electron chi connectivity index (χ2n) is 5.93. The van der Waals surface area contributed by atoms with Gasteiger partial charge in [0, 0.05) is 0 Å². The lowest BCUT2D eigenvalue weighted by atomic mass is 9.83. The zero-order chi connectivity index (χ0) is 10.7. The van der Waals surface area contributed by atoms with Gasteiger partial charge in [0.15, 0.2) is 0 Å². The van der Waals surface area contributed by atoms with Gasteiger partial charge < -0.3 is 5.11 Å². The van der Waals surface area contributed by atoms with Crippen molar-refractivity contribution >= 4 is 0 Å². The Morgan fingerprint density at radius 3 is 1.77 bits per heavy atom. The molecule has 80 valence electrons. The molecule has 0 radical (unpaired) electrons. The Morgan fingerprint density at radius 2 is 1.46 bits per heavy atom. The number of hydrogen-bond donors (Lipinski definition) is 1. The maximum absolute atomic E-state index is 9.99. The third-order valence-electron chi connectivity index (χ3n) is 2.85. The summed E-state index contributed by atoms with van der Waals surface area (Å²) in [4.78, 5) is 0. The largest absolute Gasteiger partial charge is 0.390 e. The fourth-order valence-corrected chi connectivity index (χ4v) is 1.27. The molecule has 0 aliphatic carbocycles. The van der Waals surface area contributed by atoms with E-state index in [2.05, 4.69) is 34.6 Å². The molecule has 0 saturated heterocycles. The maximum Gasteiger partial charge on any atom is 0.0642 e. The van der Waals surface area contributed by atoms with Crippen molar-refractivity contribution in [3.63, 3.8) is 0 Å². The Labute approximate surface area is 83.5 Å². The van der Waals surface area contributed by atoms with Gasteiger partial charge in [0.25, 0.3) is 0 Å². The molecule has 0 saturated carbocycles. The van der Waals surface area contributed by atoms with Crippen LogP contribution in [-0.4, -0.2) is 10.7 Å². The normalized spacial score (nSPS) is 17.5. The minimum atomic E-state index is -0.481. The van der Waals surface area contributed by atoms with Gasteiger partial charge in [-0.3, -0.25) is 0 Å². The number of aliphatic hydroxyl groups is 1. The van der Waals surface area contributed by atoms with Crippen molar-refractivity contribution in [3.05, 3.63) is 0 Å². The van der Waals surface area contributed by atoms with E-state index < -0.39 is 5.60 Å². The van der Waals surface area contributed by atoms with Gasteiger partial charge >= 0.3 is 0 Å². The molecule has 1 N–H and O–H groups in total. The Kier molecular flexibility index (Phi) is 4.44. The molecule has 0 aliphatic rings.